The van der Waals surface area contributed by atoms with Gasteiger partial charge in [-0.1, -0.05) is 74.3 Å². The number of hydrogen-bond donors (Lipinski definition) is 1. The highest BCUT2D eigenvalue weighted by Crippen LogP contribution is 2.33. The van der Waals surface area contributed by atoms with E-state index in [1.807, 2.05) is 19.9 Å². The number of amides is 2. The number of rotatable bonds is 13. The van der Waals surface area contributed by atoms with Crippen molar-refractivity contribution in [3.05, 3.63) is 88.4 Å². The van der Waals surface area contributed by atoms with Gasteiger partial charge in [0.25, 0.3) is 10.0 Å². The summed E-state index contributed by atoms with van der Waals surface area (Å²) in [5.74, 6) is -0.118. The molecular weight excluding hydrogens is 585 g/mol. The van der Waals surface area contributed by atoms with Crippen molar-refractivity contribution in [1.82, 2.24) is 10.2 Å². The van der Waals surface area contributed by atoms with E-state index in [-0.39, 0.29) is 39.0 Å². The van der Waals surface area contributed by atoms with Gasteiger partial charge in [-0.3, -0.25) is 13.9 Å². The van der Waals surface area contributed by atoms with E-state index in [1.54, 1.807) is 43.3 Å². The van der Waals surface area contributed by atoms with Gasteiger partial charge in [0.05, 0.1) is 22.7 Å². The number of methoxy groups -OCH3 is 1. The number of nitrogens with zero attached hydrogens (tertiary/aromatic N) is 2. The highest BCUT2D eigenvalue weighted by molar-refractivity contribution is 7.92. The van der Waals surface area contributed by atoms with Crippen LogP contribution in [0.15, 0.2) is 77.7 Å². The van der Waals surface area contributed by atoms with E-state index in [0.717, 1.165) is 4.31 Å². The lowest BCUT2D eigenvalue weighted by atomic mass is 10.1. The van der Waals surface area contributed by atoms with Crippen molar-refractivity contribution in [2.75, 3.05) is 24.5 Å². The molecule has 0 aliphatic carbocycles. The molecule has 0 fully saturated rings. The van der Waals surface area contributed by atoms with E-state index < -0.39 is 28.5 Å². The molecule has 0 saturated heterocycles. The molecule has 8 nitrogen and oxygen atoms in total. The van der Waals surface area contributed by atoms with Crippen LogP contribution in [0.25, 0.3) is 0 Å². The SMILES string of the molecule is CC[C@@H](C(=O)NCC(C)C)N(Cc1cccc(OC)c1)C(=O)CN(c1cc(Cl)ccc1Cl)S(=O)(=O)c1ccccc1. The van der Waals surface area contributed by atoms with Crippen LogP contribution >= 0.6 is 23.2 Å². The number of halogens is 2. The van der Waals surface area contributed by atoms with Gasteiger partial charge >= 0.3 is 0 Å². The Morgan fingerprint density at radius 1 is 0.976 bits per heavy atom. The highest BCUT2D eigenvalue weighted by Gasteiger charge is 2.34. The molecule has 0 aliphatic heterocycles. The van der Waals surface area contributed by atoms with Crippen molar-refractivity contribution in [2.24, 2.45) is 5.92 Å². The molecule has 3 rings (SSSR count). The van der Waals surface area contributed by atoms with Crippen LogP contribution in [0.1, 0.15) is 32.8 Å². The zero-order valence-electron chi connectivity index (χ0n) is 23.5. The molecule has 0 aromatic heterocycles. The normalized spacial score (nSPS) is 12.1. The molecule has 220 valence electrons. The predicted octanol–water partition coefficient (Wildman–Crippen LogP) is 5.78. The van der Waals surface area contributed by atoms with Crippen LogP contribution in [0.5, 0.6) is 5.75 Å². The van der Waals surface area contributed by atoms with E-state index in [4.69, 9.17) is 27.9 Å². The van der Waals surface area contributed by atoms with E-state index in [2.05, 4.69) is 5.32 Å². The molecule has 0 bridgehead atoms. The van der Waals surface area contributed by atoms with Crippen LogP contribution < -0.4 is 14.4 Å². The zero-order valence-corrected chi connectivity index (χ0v) is 25.8. The van der Waals surface area contributed by atoms with Gasteiger partial charge < -0.3 is 15.0 Å². The second kappa shape index (κ2) is 14.6. The van der Waals surface area contributed by atoms with E-state index in [0.29, 0.717) is 24.3 Å². The molecule has 0 unspecified atom stereocenters. The van der Waals surface area contributed by atoms with Gasteiger partial charge in [-0.15, -0.1) is 0 Å². The number of benzene rings is 3. The third-order valence-corrected chi connectivity index (χ3v) is 8.67. The minimum atomic E-state index is -4.26. The first kappa shape index (κ1) is 32.2. The number of ether oxygens (including phenoxy) is 1. The van der Waals surface area contributed by atoms with Crippen LogP contribution in [-0.2, 0) is 26.2 Å². The standard InChI is InChI=1S/C30H35Cl2N3O5S/c1-5-27(30(37)33-18-21(2)3)34(19-22-10-9-11-24(16-22)40-4)29(36)20-35(28-17-23(31)14-15-26(28)32)41(38,39)25-12-7-6-8-13-25/h6-17,21,27H,5,18-20H2,1-4H3,(H,33,37)/t27-/m0/s1. The van der Waals surface area contributed by atoms with Gasteiger partial charge in [0, 0.05) is 18.1 Å². The number of hydrogen-bond acceptors (Lipinski definition) is 5. The quantitative estimate of drug-likeness (QED) is 0.262. The van der Waals surface area contributed by atoms with Crippen LogP contribution in [-0.4, -0.2) is 51.4 Å². The van der Waals surface area contributed by atoms with Crippen LogP contribution in [0, 0.1) is 5.92 Å². The monoisotopic (exact) mass is 619 g/mol. The van der Waals surface area contributed by atoms with Gasteiger partial charge in [0.15, 0.2) is 0 Å². The minimum absolute atomic E-state index is 0.0232. The summed E-state index contributed by atoms with van der Waals surface area (Å²) in [6, 6.07) is 18.4. The smallest absolute Gasteiger partial charge is 0.264 e. The third-order valence-electron chi connectivity index (χ3n) is 6.34. The van der Waals surface area contributed by atoms with Crippen LogP contribution in [0.2, 0.25) is 10.0 Å². The highest BCUT2D eigenvalue weighted by atomic mass is 35.5. The lowest BCUT2D eigenvalue weighted by molar-refractivity contribution is -0.140. The van der Waals surface area contributed by atoms with Crippen molar-refractivity contribution >= 4 is 50.7 Å². The van der Waals surface area contributed by atoms with Crippen molar-refractivity contribution in [3.63, 3.8) is 0 Å². The molecule has 2 amide bonds. The molecule has 0 heterocycles. The fraction of sp³-hybridized carbons (Fsp3) is 0.333. The van der Waals surface area contributed by atoms with Crippen LogP contribution in [0.4, 0.5) is 5.69 Å². The molecule has 3 aromatic rings. The third kappa shape index (κ3) is 8.38. The Balaban J connectivity index is 2.09. The van der Waals surface area contributed by atoms with Crippen molar-refractivity contribution in [1.29, 1.82) is 0 Å². The summed E-state index contributed by atoms with van der Waals surface area (Å²) in [7, 11) is -2.72. The lowest BCUT2D eigenvalue weighted by Gasteiger charge is -2.33. The Labute approximate surface area is 252 Å². The molecule has 0 radical (unpaired) electrons. The Bertz CT molecular complexity index is 1450. The Kier molecular flexibility index (Phi) is 11.5. The number of nitrogens with one attached hydrogen (secondary N) is 1. The first-order valence-corrected chi connectivity index (χ1v) is 15.4. The van der Waals surface area contributed by atoms with Gasteiger partial charge in [0.1, 0.15) is 18.3 Å². The first-order chi connectivity index (χ1) is 19.5. The lowest BCUT2D eigenvalue weighted by Crippen LogP contribution is -2.52. The largest absolute Gasteiger partial charge is 0.497 e. The van der Waals surface area contributed by atoms with Crippen molar-refractivity contribution < 1.29 is 22.7 Å². The molecule has 11 heteroatoms. The molecule has 0 saturated carbocycles. The molecule has 1 atom stereocenters. The summed E-state index contributed by atoms with van der Waals surface area (Å²) < 4.78 is 34.1. The summed E-state index contributed by atoms with van der Waals surface area (Å²) in [5, 5.41) is 3.25. The first-order valence-electron chi connectivity index (χ1n) is 13.2. The summed E-state index contributed by atoms with van der Waals surface area (Å²) in [5.41, 5.74) is 0.765. The number of sulfonamides is 1. The maximum absolute atomic E-state index is 14.1. The summed E-state index contributed by atoms with van der Waals surface area (Å²) in [6.07, 6.45) is 0.309. The van der Waals surface area contributed by atoms with Gasteiger partial charge in [0.2, 0.25) is 11.8 Å². The Morgan fingerprint density at radius 3 is 2.32 bits per heavy atom. The van der Waals surface area contributed by atoms with Crippen molar-refractivity contribution in [2.45, 2.75) is 44.7 Å². The van der Waals surface area contributed by atoms with E-state index >= 15 is 0 Å². The molecule has 1 N–H and O–H groups in total. The second-order valence-electron chi connectivity index (χ2n) is 9.86. The second-order valence-corrected chi connectivity index (χ2v) is 12.6. The number of carbonyl (C=O) groups excluding carboxylic acids is 2. The fourth-order valence-electron chi connectivity index (χ4n) is 4.22. The topological polar surface area (TPSA) is 96.0 Å². The zero-order chi connectivity index (χ0) is 30.2. The Morgan fingerprint density at radius 2 is 1.68 bits per heavy atom. The van der Waals surface area contributed by atoms with E-state index in [9.17, 15) is 18.0 Å². The fourth-order valence-corrected chi connectivity index (χ4v) is 6.10. The van der Waals surface area contributed by atoms with Gasteiger partial charge in [-0.2, -0.15) is 0 Å². The molecular formula is C30H35Cl2N3O5S. The maximum atomic E-state index is 14.1. The Hall–Kier alpha value is -3.27. The van der Waals surface area contributed by atoms with E-state index in [1.165, 1.54) is 42.3 Å². The molecule has 3 aromatic carbocycles. The average molecular weight is 621 g/mol. The summed E-state index contributed by atoms with van der Waals surface area (Å²) >= 11 is 12.7. The number of anilines is 1. The van der Waals surface area contributed by atoms with Crippen molar-refractivity contribution in [3.8, 4) is 5.75 Å². The molecule has 0 spiro atoms. The minimum Gasteiger partial charge on any atom is -0.497 e. The van der Waals surface area contributed by atoms with Gasteiger partial charge in [-0.25, -0.2) is 8.42 Å². The number of carbonyl (C=O) groups is 2. The summed E-state index contributed by atoms with van der Waals surface area (Å²) in [6.45, 7) is 5.62. The summed E-state index contributed by atoms with van der Waals surface area (Å²) in [4.78, 5) is 28.8. The molecule has 0 aliphatic rings. The van der Waals surface area contributed by atoms with Crippen LogP contribution in [0.3, 0.4) is 0 Å². The molecule has 41 heavy (non-hydrogen) atoms. The maximum Gasteiger partial charge on any atom is 0.264 e. The van der Waals surface area contributed by atoms with Gasteiger partial charge in [-0.05, 0) is 60.4 Å². The average Bonchev–Trinajstić information content (AvgIpc) is 2.96. The predicted molar refractivity (Wildman–Crippen MR) is 163 cm³/mol.